The molecule has 2 rings (SSSR count). The topological polar surface area (TPSA) is 282 Å². The molecule has 1 aliphatic heterocycles. The number of nitrogens with zero attached hydrogens (tertiary/aromatic N) is 3. The first-order chi connectivity index (χ1) is 37.5. The van der Waals surface area contributed by atoms with Crippen LogP contribution in [0, 0.1) is 17.8 Å². The van der Waals surface area contributed by atoms with Gasteiger partial charge in [-0.2, -0.15) is 0 Å². The molecule has 7 amide bonds. The maximum atomic E-state index is 14.4. The maximum Gasteiger partial charge on any atom is 0.407 e. The lowest BCUT2D eigenvalue weighted by molar-refractivity contribution is -0.181. The van der Waals surface area contributed by atoms with Gasteiger partial charge in [0.1, 0.15) is 24.7 Å². The van der Waals surface area contributed by atoms with Crippen LogP contribution in [0.25, 0.3) is 0 Å². The second-order valence-electron chi connectivity index (χ2n) is 21.1. The molecule has 11 atom stereocenters. The average molecular weight is 1120 g/mol. The van der Waals surface area contributed by atoms with Gasteiger partial charge in [0.05, 0.1) is 62.0 Å². The highest BCUT2D eigenvalue weighted by molar-refractivity contribution is 5.91. The molecule has 1 fully saturated rings. The number of rotatable bonds is 37. The number of esters is 1. The number of benzene rings is 1. The number of carbonyl (C=O) groups is 8. The summed E-state index contributed by atoms with van der Waals surface area (Å²) in [5.41, 5.74) is 0.799. The summed E-state index contributed by atoms with van der Waals surface area (Å²) in [6.07, 6.45) is -0.421. The van der Waals surface area contributed by atoms with Crippen molar-refractivity contribution >= 4 is 47.5 Å². The maximum absolute atomic E-state index is 14.4. The highest BCUT2D eigenvalue weighted by atomic mass is 16.7. The number of hydrogen-bond donors (Lipinski definition) is 6. The normalized spacial score (nSPS) is 17.3. The Morgan fingerprint density at radius 2 is 1.48 bits per heavy atom. The number of aliphatic hydroxyl groups is 1. The van der Waals surface area contributed by atoms with Crippen molar-refractivity contribution in [1.82, 2.24) is 41.3 Å². The molecule has 450 valence electrons. The van der Waals surface area contributed by atoms with Crippen molar-refractivity contribution in [2.45, 2.75) is 174 Å². The number of methoxy groups -OCH3 is 3. The second-order valence-corrected chi connectivity index (χ2v) is 21.1. The minimum atomic E-state index is -1.01. The lowest BCUT2D eigenvalue weighted by Gasteiger charge is -2.39. The number of ether oxygens (including phenoxy) is 6. The summed E-state index contributed by atoms with van der Waals surface area (Å²) in [6.45, 7) is 14.6. The minimum absolute atomic E-state index is 0.00849. The molecule has 1 saturated heterocycles. The van der Waals surface area contributed by atoms with E-state index in [1.165, 1.54) is 28.3 Å². The molecule has 1 aliphatic rings. The fourth-order valence-electron chi connectivity index (χ4n) is 9.70. The molecule has 0 aliphatic carbocycles. The molecular weight excluding hydrogens is 1020 g/mol. The van der Waals surface area contributed by atoms with Crippen LogP contribution in [0.4, 0.5) is 4.79 Å². The van der Waals surface area contributed by atoms with Crippen LogP contribution in [0.1, 0.15) is 112 Å². The van der Waals surface area contributed by atoms with Gasteiger partial charge in [-0.3, -0.25) is 33.7 Å². The fraction of sp³-hybridized carbons (Fsp3) is 0.750. The lowest BCUT2D eigenvalue weighted by Crippen LogP contribution is -2.58. The van der Waals surface area contributed by atoms with Gasteiger partial charge in [0, 0.05) is 60.9 Å². The molecule has 2 unspecified atom stereocenters. The van der Waals surface area contributed by atoms with Crippen LogP contribution in [0.2, 0.25) is 0 Å². The van der Waals surface area contributed by atoms with E-state index in [4.69, 9.17) is 28.4 Å². The molecule has 0 radical (unpaired) electrons. The molecule has 0 bridgehead atoms. The summed E-state index contributed by atoms with van der Waals surface area (Å²) in [5, 5.41) is 23.0. The fourth-order valence-corrected chi connectivity index (χ4v) is 9.70. The Balaban J connectivity index is 2.04. The molecule has 0 spiro atoms. The predicted octanol–water partition coefficient (Wildman–Crippen LogP) is 2.55. The van der Waals surface area contributed by atoms with Crippen molar-refractivity contribution in [2.24, 2.45) is 17.8 Å². The molecule has 0 aromatic heterocycles. The third-order valence-corrected chi connectivity index (χ3v) is 14.2. The largest absolute Gasteiger partial charge is 0.464 e. The van der Waals surface area contributed by atoms with Crippen molar-refractivity contribution in [3.8, 4) is 0 Å². The van der Waals surface area contributed by atoms with Crippen LogP contribution in [0.5, 0.6) is 0 Å². The number of alkyl carbamates (subject to hydrolysis) is 1. The average Bonchev–Trinajstić information content (AvgIpc) is 3.94. The van der Waals surface area contributed by atoms with Crippen LogP contribution >= 0.6 is 0 Å². The molecule has 1 aromatic carbocycles. The number of likely N-dealkylation sites (N-methyl/N-ethyl adjacent to an activating group) is 2. The number of aliphatic hydroxyl groups excluding tert-OH is 1. The zero-order valence-corrected chi connectivity index (χ0v) is 49.5. The van der Waals surface area contributed by atoms with Crippen LogP contribution in [0.3, 0.4) is 0 Å². The number of carbonyl (C=O) groups excluding carboxylic acids is 8. The predicted molar refractivity (Wildman–Crippen MR) is 296 cm³/mol. The molecule has 0 saturated carbocycles. The summed E-state index contributed by atoms with van der Waals surface area (Å²) >= 11 is 0. The smallest absolute Gasteiger partial charge is 0.407 e. The standard InChI is InChI=1S/C56H96N8O15/c1-15-22-42(63(11)54(71)48(35(3)4)61-53(70)49(36(5)6)62(9)10)44(74-12)32-46(67)64-29-20-25-43(64)50(76-14)37(7)51(68)60-41(31-39-23-18-17-19-24-39)52(69)57-27-21-30-77-55(72)38(8)59-45(66)26-28-58-56(73)78-34-47(75-13)79-40(16-2)33-65/h17-19,23-24,35-38,40-44,47-50,65H,15-16,20-22,25-34H2,1-14H3,(H,57,69)(H,58,73)(H,59,66)(H,60,68)(H,61,70)/t37-,38+,40?,41+,42+,43+,44-,47?,48+,49+,50-/m1/s1. The van der Waals surface area contributed by atoms with Crippen molar-refractivity contribution in [3.05, 3.63) is 35.9 Å². The monoisotopic (exact) mass is 1120 g/mol. The molecular formula is C56H96N8O15. The summed E-state index contributed by atoms with van der Waals surface area (Å²) in [7, 11) is 9.74. The van der Waals surface area contributed by atoms with Crippen LogP contribution in [-0.4, -0.2) is 210 Å². The van der Waals surface area contributed by atoms with E-state index in [0.29, 0.717) is 38.6 Å². The SMILES string of the molecule is CCC[C@@H]([C@@H](CC(=O)N1CCC[C@H]1[C@H](OC)[C@@H](C)C(=O)N[C@@H](Cc1ccccc1)C(=O)NCCCOC(=O)[C@H](C)NC(=O)CCNC(=O)OCC(OC)OC(CC)CO)OC)N(C)C(=O)[C@@H](NC(=O)[C@H](C(C)C)N(C)C)C(C)C. The van der Waals surface area contributed by atoms with Gasteiger partial charge in [-0.05, 0) is 70.5 Å². The van der Waals surface area contributed by atoms with E-state index in [1.54, 1.807) is 23.8 Å². The van der Waals surface area contributed by atoms with Gasteiger partial charge in [-0.25, -0.2) is 9.59 Å². The van der Waals surface area contributed by atoms with Gasteiger partial charge in [0.2, 0.25) is 35.4 Å². The first kappa shape index (κ1) is 69.6. The van der Waals surface area contributed by atoms with E-state index in [-0.39, 0.29) is 88.2 Å². The number of likely N-dealkylation sites (tertiary alicyclic amines) is 1. The van der Waals surface area contributed by atoms with Crippen molar-refractivity contribution in [3.63, 3.8) is 0 Å². The van der Waals surface area contributed by atoms with Gasteiger partial charge in [-0.1, -0.05) is 85.2 Å². The van der Waals surface area contributed by atoms with Crippen LogP contribution in [0.15, 0.2) is 30.3 Å². The Kier molecular flexibility index (Phi) is 32.4. The summed E-state index contributed by atoms with van der Waals surface area (Å²) < 4.78 is 33.0. The van der Waals surface area contributed by atoms with E-state index >= 15 is 0 Å². The van der Waals surface area contributed by atoms with Crippen molar-refractivity contribution in [2.75, 3.05) is 81.9 Å². The number of amides is 7. The van der Waals surface area contributed by atoms with Gasteiger partial charge < -0.3 is 69.9 Å². The second kappa shape index (κ2) is 36.7. The Morgan fingerprint density at radius 3 is 2.05 bits per heavy atom. The van der Waals surface area contributed by atoms with Gasteiger partial charge in [0.25, 0.3) is 0 Å². The Labute approximate surface area is 468 Å². The Bertz CT molecular complexity index is 2020. The number of hydrogen-bond acceptors (Lipinski definition) is 16. The Morgan fingerprint density at radius 1 is 0.797 bits per heavy atom. The molecule has 1 aromatic rings. The van der Waals surface area contributed by atoms with E-state index in [2.05, 4.69) is 26.6 Å². The first-order valence-electron chi connectivity index (χ1n) is 27.9. The van der Waals surface area contributed by atoms with Gasteiger partial charge in [0.15, 0.2) is 6.29 Å². The first-order valence-corrected chi connectivity index (χ1v) is 27.9. The van der Waals surface area contributed by atoms with Crippen LogP contribution < -0.4 is 26.6 Å². The van der Waals surface area contributed by atoms with Crippen molar-refractivity contribution < 1.29 is 71.9 Å². The summed E-state index contributed by atoms with van der Waals surface area (Å²) in [5.74, 6) is -3.90. The van der Waals surface area contributed by atoms with E-state index in [1.807, 2.05) is 90.9 Å². The molecule has 79 heavy (non-hydrogen) atoms. The minimum Gasteiger partial charge on any atom is -0.464 e. The zero-order valence-electron chi connectivity index (χ0n) is 49.5. The van der Waals surface area contributed by atoms with E-state index < -0.39 is 96.6 Å². The van der Waals surface area contributed by atoms with Crippen LogP contribution in [-0.2, 0) is 68.4 Å². The highest BCUT2D eigenvalue weighted by Gasteiger charge is 2.43. The third-order valence-electron chi connectivity index (χ3n) is 14.2. The molecule has 6 N–H and O–H groups in total. The molecule has 23 nitrogen and oxygen atoms in total. The Hall–Kier alpha value is -5.46. The lowest BCUT2D eigenvalue weighted by atomic mass is 9.93. The van der Waals surface area contributed by atoms with E-state index in [9.17, 15) is 43.5 Å². The van der Waals surface area contributed by atoms with Crippen molar-refractivity contribution in [1.29, 1.82) is 0 Å². The summed E-state index contributed by atoms with van der Waals surface area (Å²) in [4.78, 5) is 113. The quantitative estimate of drug-likeness (QED) is 0.0317. The third kappa shape index (κ3) is 23.3. The zero-order chi connectivity index (χ0) is 59.4. The van der Waals surface area contributed by atoms with Gasteiger partial charge in [-0.15, -0.1) is 0 Å². The number of nitrogens with one attached hydrogen (secondary N) is 5. The van der Waals surface area contributed by atoms with Gasteiger partial charge >= 0.3 is 12.1 Å². The van der Waals surface area contributed by atoms with E-state index in [0.717, 1.165) is 5.56 Å². The summed E-state index contributed by atoms with van der Waals surface area (Å²) in [6, 6.07) is 4.97. The molecule has 1 heterocycles. The highest BCUT2D eigenvalue weighted by Crippen LogP contribution is 2.29. The molecule has 23 heteroatoms.